The summed E-state index contributed by atoms with van der Waals surface area (Å²) in [7, 11) is -3.63. The highest BCUT2D eigenvalue weighted by Gasteiger charge is 2.20. The second kappa shape index (κ2) is 7.64. The van der Waals surface area contributed by atoms with E-state index in [2.05, 4.69) is 5.32 Å². The van der Waals surface area contributed by atoms with Crippen LogP contribution in [0.5, 0.6) is 0 Å². The zero-order valence-electron chi connectivity index (χ0n) is 12.7. The third kappa shape index (κ3) is 6.12. The average Bonchev–Trinajstić information content (AvgIpc) is 2.35. The van der Waals surface area contributed by atoms with Crippen molar-refractivity contribution < 1.29 is 17.9 Å². The third-order valence-electron chi connectivity index (χ3n) is 2.47. The van der Waals surface area contributed by atoms with Gasteiger partial charge >= 0.3 is 5.97 Å². The van der Waals surface area contributed by atoms with Crippen molar-refractivity contribution in [3.05, 3.63) is 28.2 Å². The Morgan fingerprint density at radius 3 is 2.50 bits per heavy atom. The van der Waals surface area contributed by atoms with Crippen molar-refractivity contribution in [1.29, 1.82) is 0 Å². The van der Waals surface area contributed by atoms with Gasteiger partial charge in [-0.2, -0.15) is 0 Å². The van der Waals surface area contributed by atoms with Gasteiger partial charge in [0, 0.05) is 6.54 Å². The van der Waals surface area contributed by atoms with Crippen LogP contribution in [0.25, 0.3) is 0 Å². The zero-order valence-corrected chi connectivity index (χ0v) is 15.0. The number of hydrogen-bond donors (Lipinski definition) is 1. The first kappa shape index (κ1) is 19.2. The van der Waals surface area contributed by atoms with Crippen molar-refractivity contribution in [3.63, 3.8) is 0 Å². The van der Waals surface area contributed by atoms with Crippen LogP contribution in [0, 0.1) is 0 Å². The molecule has 0 aliphatic carbocycles. The molecule has 0 heterocycles. The molecule has 22 heavy (non-hydrogen) atoms. The molecule has 0 aliphatic heterocycles. The first-order valence-corrected chi connectivity index (χ1v) is 9.03. The number of esters is 1. The lowest BCUT2D eigenvalue weighted by atomic mass is 10.2. The third-order valence-corrected chi connectivity index (χ3v) is 4.99. The van der Waals surface area contributed by atoms with Crippen LogP contribution in [0.4, 0.5) is 0 Å². The summed E-state index contributed by atoms with van der Waals surface area (Å²) in [5.41, 5.74) is -0.558. The van der Waals surface area contributed by atoms with E-state index in [0.29, 0.717) is 0 Å². The van der Waals surface area contributed by atoms with Gasteiger partial charge < -0.3 is 10.1 Å². The average molecular weight is 368 g/mol. The first-order chi connectivity index (χ1) is 10.0. The monoisotopic (exact) mass is 367 g/mol. The standard InChI is InChI=1S/C14H19Cl2NO4S/c1-14(2,3)21-12(18)7-8-17-9-22(19,20)11-6-4-5-10(15)13(11)16/h4-6,17H,7-9H2,1-3H3. The smallest absolute Gasteiger partial charge is 0.307 e. The van der Waals surface area contributed by atoms with Crippen LogP contribution in [-0.2, 0) is 19.4 Å². The molecule has 0 bridgehead atoms. The highest BCUT2D eigenvalue weighted by atomic mass is 35.5. The van der Waals surface area contributed by atoms with Gasteiger partial charge in [-0.25, -0.2) is 8.42 Å². The van der Waals surface area contributed by atoms with Crippen LogP contribution < -0.4 is 5.32 Å². The minimum Gasteiger partial charge on any atom is -0.460 e. The van der Waals surface area contributed by atoms with E-state index in [1.54, 1.807) is 20.8 Å². The van der Waals surface area contributed by atoms with E-state index in [9.17, 15) is 13.2 Å². The van der Waals surface area contributed by atoms with Gasteiger partial charge in [-0.1, -0.05) is 29.3 Å². The molecule has 0 aliphatic rings. The maximum Gasteiger partial charge on any atom is 0.307 e. The SMILES string of the molecule is CC(C)(C)OC(=O)CCNCS(=O)(=O)c1cccc(Cl)c1Cl. The number of carbonyl (C=O) groups is 1. The molecule has 0 fully saturated rings. The zero-order chi connectivity index (χ0) is 17.0. The molecule has 1 N–H and O–H groups in total. The Hall–Kier alpha value is -0.820. The predicted octanol–water partition coefficient (Wildman–Crippen LogP) is 3.05. The van der Waals surface area contributed by atoms with Gasteiger partial charge in [0.2, 0.25) is 0 Å². The Bertz CT molecular complexity index is 639. The van der Waals surface area contributed by atoms with Gasteiger partial charge in [0.25, 0.3) is 0 Å². The Morgan fingerprint density at radius 1 is 1.27 bits per heavy atom. The van der Waals surface area contributed by atoms with Crippen LogP contribution in [0.2, 0.25) is 10.0 Å². The molecule has 124 valence electrons. The quantitative estimate of drug-likeness (QED) is 0.617. The Kier molecular flexibility index (Phi) is 6.67. The Balaban J connectivity index is 2.54. The highest BCUT2D eigenvalue weighted by Crippen LogP contribution is 2.29. The van der Waals surface area contributed by atoms with Crippen LogP contribution in [0.3, 0.4) is 0 Å². The van der Waals surface area contributed by atoms with Gasteiger partial charge in [-0.3, -0.25) is 4.79 Å². The molecule has 0 saturated carbocycles. The molecule has 1 rings (SSSR count). The lowest BCUT2D eigenvalue weighted by Gasteiger charge is -2.19. The summed E-state index contributed by atoms with van der Waals surface area (Å²) >= 11 is 11.7. The van der Waals surface area contributed by atoms with E-state index < -0.39 is 21.4 Å². The molecule has 0 atom stereocenters. The van der Waals surface area contributed by atoms with Crippen molar-refractivity contribution in [3.8, 4) is 0 Å². The van der Waals surface area contributed by atoms with Crippen LogP contribution in [0.1, 0.15) is 27.2 Å². The highest BCUT2D eigenvalue weighted by molar-refractivity contribution is 7.91. The minimum absolute atomic E-state index is 0.00175. The fourth-order valence-corrected chi connectivity index (χ4v) is 3.54. The summed E-state index contributed by atoms with van der Waals surface area (Å²) in [6.07, 6.45) is 0.0794. The number of halogens is 2. The Morgan fingerprint density at radius 2 is 1.91 bits per heavy atom. The second-order valence-corrected chi connectivity index (χ2v) is 8.39. The summed E-state index contributed by atoms with van der Waals surface area (Å²) in [6, 6.07) is 4.42. The lowest BCUT2D eigenvalue weighted by Crippen LogP contribution is -2.29. The summed E-state index contributed by atoms with van der Waals surface area (Å²) < 4.78 is 29.4. The molecule has 8 heteroatoms. The maximum absolute atomic E-state index is 12.2. The number of sulfone groups is 1. The van der Waals surface area contributed by atoms with Gasteiger partial charge in [-0.15, -0.1) is 0 Å². The molecule has 5 nitrogen and oxygen atoms in total. The molecule has 0 unspecified atom stereocenters. The number of nitrogens with one attached hydrogen (secondary N) is 1. The van der Waals surface area contributed by atoms with Crippen molar-refractivity contribution >= 4 is 39.0 Å². The van der Waals surface area contributed by atoms with Crippen molar-refractivity contribution in [2.24, 2.45) is 0 Å². The summed E-state index contributed by atoms with van der Waals surface area (Å²) in [5.74, 6) is -0.728. The van der Waals surface area contributed by atoms with E-state index in [4.69, 9.17) is 27.9 Å². The van der Waals surface area contributed by atoms with Crippen LogP contribution >= 0.6 is 23.2 Å². The number of carbonyl (C=O) groups excluding carboxylic acids is 1. The van der Waals surface area contributed by atoms with Gasteiger partial charge in [-0.05, 0) is 32.9 Å². The topological polar surface area (TPSA) is 72.5 Å². The van der Waals surface area contributed by atoms with Gasteiger partial charge in [0.1, 0.15) is 11.5 Å². The van der Waals surface area contributed by atoms with Gasteiger partial charge in [0.05, 0.1) is 21.4 Å². The molecule has 0 aromatic heterocycles. The van der Waals surface area contributed by atoms with E-state index in [-0.39, 0.29) is 33.8 Å². The first-order valence-electron chi connectivity index (χ1n) is 6.62. The Labute approximate surface area is 140 Å². The predicted molar refractivity (Wildman–Crippen MR) is 87.0 cm³/mol. The fourth-order valence-electron chi connectivity index (χ4n) is 1.59. The molecular formula is C14H19Cl2NO4S. The number of rotatable bonds is 6. The van der Waals surface area contributed by atoms with Crippen LogP contribution in [-0.4, -0.2) is 32.4 Å². The van der Waals surface area contributed by atoms with Crippen molar-refractivity contribution in [1.82, 2.24) is 5.32 Å². The summed E-state index contributed by atoms with van der Waals surface area (Å²) in [5, 5.41) is 2.87. The second-order valence-electron chi connectivity index (χ2n) is 5.65. The van der Waals surface area contributed by atoms with E-state index in [1.807, 2.05) is 0 Å². The molecular weight excluding hydrogens is 349 g/mol. The number of hydrogen-bond acceptors (Lipinski definition) is 5. The minimum atomic E-state index is -3.63. The summed E-state index contributed by atoms with van der Waals surface area (Å²) in [4.78, 5) is 11.5. The maximum atomic E-state index is 12.2. The van der Waals surface area contributed by atoms with Crippen molar-refractivity contribution in [2.45, 2.75) is 37.7 Å². The normalized spacial score (nSPS) is 12.2. The molecule has 0 spiro atoms. The molecule has 0 radical (unpaired) electrons. The van der Waals surface area contributed by atoms with Crippen LogP contribution in [0.15, 0.2) is 23.1 Å². The lowest BCUT2D eigenvalue weighted by molar-refractivity contribution is -0.154. The molecule has 0 amide bonds. The fraction of sp³-hybridized carbons (Fsp3) is 0.500. The number of ether oxygens (including phenoxy) is 1. The molecule has 0 saturated heterocycles. The van der Waals surface area contributed by atoms with E-state index in [0.717, 1.165) is 0 Å². The number of benzene rings is 1. The van der Waals surface area contributed by atoms with E-state index in [1.165, 1.54) is 18.2 Å². The van der Waals surface area contributed by atoms with Crippen molar-refractivity contribution in [2.75, 3.05) is 12.4 Å². The molecule has 1 aromatic carbocycles. The van der Waals surface area contributed by atoms with E-state index >= 15 is 0 Å². The largest absolute Gasteiger partial charge is 0.460 e. The summed E-state index contributed by atoms with van der Waals surface area (Å²) in [6.45, 7) is 5.49. The molecule has 1 aromatic rings. The van der Waals surface area contributed by atoms with Gasteiger partial charge in [0.15, 0.2) is 9.84 Å².